The summed E-state index contributed by atoms with van der Waals surface area (Å²) in [4.78, 5) is 13.5. The molecule has 1 amide bonds. The van der Waals surface area contributed by atoms with E-state index in [0.717, 1.165) is 109 Å². The molecule has 3 fully saturated rings. The SMILES string of the molecule is CC/C=C\C/C=C\C/C=C\C/C=C\C/C=C\C/C=C\C/C=C\C/C=C\C/C=C\C/C=C\C/C=C\CCCCCC(=O)NC(COC1OC(CO)C(OC2OC(CO)C(OC3OC(CO)C(O)C(O)C3O)C(O)C2O)C(O)C1O)C(O)CCCCCCCCCCCCCCCCCCCCCC. The average Bonchev–Trinajstić information content (AvgIpc) is 0.778. The Kier molecular flexibility index (Phi) is 56.0. The van der Waals surface area contributed by atoms with Crippen molar-refractivity contribution in [3.63, 3.8) is 0 Å². The predicted octanol–water partition coefficient (Wildman–Crippen LogP) is 12.9. The van der Waals surface area contributed by atoms with Gasteiger partial charge < -0.3 is 89.9 Å². The van der Waals surface area contributed by atoms with Crippen LogP contribution in [0.3, 0.4) is 0 Å². The topological polar surface area (TPSA) is 307 Å². The maximum Gasteiger partial charge on any atom is 0.220 e. The first-order valence-corrected chi connectivity index (χ1v) is 39.4. The zero-order chi connectivity index (χ0) is 73.9. The van der Waals surface area contributed by atoms with Gasteiger partial charge in [0.25, 0.3) is 0 Å². The van der Waals surface area contributed by atoms with Gasteiger partial charge in [-0.2, -0.15) is 0 Å². The highest BCUT2D eigenvalue weighted by atomic mass is 16.8. The van der Waals surface area contributed by atoms with Crippen LogP contribution in [0.1, 0.15) is 251 Å². The molecule has 12 N–H and O–H groups in total. The van der Waals surface area contributed by atoms with Crippen LogP contribution >= 0.6 is 0 Å². The van der Waals surface area contributed by atoms with Crippen LogP contribution in [0.25, 0.3) is 0 Å². The van der Waals surface area contributed by atoms with Crippen LogP contribution in [0.2, 0.25) is 0 Å². The Morgan fingerprint density at radius 3 is 1.05 bits per heavy atom. The number of hydrogen-bond acceptors (Lipinski definition) is 18. The van der Waals surface area contributed by atoms with Crippen molar-refractivity contribution in [1.29, 1.82) is 0 Å². The maximum absolute atomic E-state index is 13.5. The second-order valence-electron chi connectivity index (χ2n) is 27.4. The van der Waals surface area contributed by atoms with E-state index in [1.54, 1.807) is 0 Å². The summed E-state index contributed by atoms with van der Waals surface area (Å²) in [5.74, 6) is -0.278. The highest BCUT2D eigenvalue weighted by Gasteiger charge is 2.54. The molecule has 3 rings (SSSR count). The number of unbranched alkanes of at least 4 members (excludes halogenated alkanes) is 22. The molecule has 584 valence electrons. The lowest BCUT2D eigenvalue weighted by atomic mass is 9.96. The minimum atomic E-state index is -1.98. The van der Waals surface area contributed by atoms with Gasteiger partial charge in [0.2, 0.25) is 5.91 Å². The Morgan fingerprint density at radius 1 is 0.363 bits per heavy atom. The van der Waals surface area contributed by atoms with E-state index in [2.05, 4.69) is 153 Å². The zero-order valence-corrected chi connectivity index (χ0v) is 62.3. The first-order chi connectivity index (χ1) is 49.8. The molecule has 0 aromatic rings. The second kappa shape index (κ2) is 62.0. The van der Waals surface area contributed by atoms with Crippen molar-refractivity contribution in [2.75, 3.05) is 26.4 Å². The Bertz CT molecular complexity index is 2370. The maximum atomic E-state index is 13.5. The number of hydrogen-bond donors (Lipinski definition) is 12. The summed E-state index contributed by atoms with van der Waals surface area (Å²) < 4.78 is 34.5. The molecule has 19 nitrogen and oxygen atoms in total. The number of aliphatic hydroxyl groups excluding tert-OH is 11. The fraction of sp³-hybridized carbons (Fsp3) is 0.723. The summed E-state index contributed by atoms with van der Waals surface area (Å²) in [5.41, 5.74) is 0. The van der Waals surface area contributed by atoms with E-state index >= 15 is 0 Å². The van der Waals surface area contributed by atoms with Crippen molar-refractivity contribution in [3.8, 4) is 0 Å². The summed E-state index contributed by atoms with van der Waals surface area (Å²) in [6, 6.07) is -0.917. The molecule has 0 aromatic carbocycles. The normalized spacial score (nSPS) is 26.9. The van der Waals surface area contributed by atoms with Gasteiger partial charge in [0.05, 0.1) is 38.6 Å². The number of aliphatic hydroxyl groups is 11. The molecule has 0 radical (unpaired) electrons. The summed E-state index contributed by atoms with van der Waals surface area (Å²) in [5, 5.41) is 121. The van der Waals surface area contributed by atoms with E-state index in [-0.39, 0.29) is 18.9 Å². The van der Waals surface area contributed by atoms with Crippen molar-refractivity contribution in [3.05, 3.63) is 134 Å². The molecular formula is C83H139NO18. The molecule has 0 aromatic heterocycles. The van der Waals surface area contributed by atoms with E-state index in [1.165, 1.54) is 103 Å². The Morgan fingerprint density at radius 2 is 0.676 bits per heavy atom. The lowest BCUT2D eigenvalue weighted by molar-refractivity contribution is -0.379. The number of nitrogens with one attached hydrogen (secondary N) is 1. The standard InChI is InChI=1S/C83H139NO18/c1-3-5-7-9-11-13-15-17-19-21-23-25-26-27-28-29-30-31-32-33-34-35-36-37-38-39-40-41-43-45-47-49-51-53-55-57-59-61-71(89)84-66(67(88)60-58-56-54-52-50-48-46-44-42-24-22-20-18-16-14-12-10-8-6-4-2)65-97-81-77(95)74(92)79(69(63-86)99-81)102-83-78(96)75(93)80(70(64-87)100-83)101-82-76(94)73(91)72(90)68(62-85)98-82/h5,7,11,13,17,19,23,25,27-28,30-31,33-34,36-37,39-40,43,45,49,51,66-70,72-83,85-88,90-96H,3-4,6,8-10,12,14-16,18,20-22,24,26,29,32,35,38,41-42,44,46-48,50,52-65H2,1-2H3,(H,84,89)/b7-5-,13-11-,19-17-,25-23-,28-27-,31-30-,34-33-,37-36-,40-39-,45-43-,51-49-. The molecule has 0 bridgehead atoms. The predicted molar refractivity (Wildman–Crippen MR) is 406 cm³/mol. The molecule has 3 aliphatic rings. The summed E-state index contributed by atoms with van der Waals surface area (Å²) in [6.07, 6.45) is 61.0. The van der Waals surface area contributed by atoms with Gasteiger partial charge >= 0.3 is 0 Å². The zero-order valence-electron chi connectivity index (χ0n) is 62.3. The van der Waals surface area contributed by atoms with Crippen molar-refractivity contribution < 1.29 is 89.4 Å². The molecule has 0 aliphatic carbocycles. The third-order valence-electron chi connectivity index (χ3n) is 18.7. The van der Waals surface area contributed by atoms with Crippen LogP contribution in [0.5, 0.6) is 0 Å². The average molecular weight is 1440 g/mol. The van der Waals surface area contributed by atoms with Crippen molar-refractivity contribution in [1.82, 2.24) is 5.32 Å². The van der Waals surface area contributed by atoms with Crippen molar-refractivity contribution in [2.24, 2.45) is 0 Å². The van der Waals surface area contributed by atoms with E-state index < -0.39 is 124 Å². The van der Waals surface area contributed by atoms with Gasteiger partial charge in [-0.15, -0.1) is 0 Å². The van der Waals surface area contributed by atoms with E-state index in [9.17, 15) is 61.0 Å². The summed E-state index contributed by atoms with van der Waals surface area (Å²) in [7, 11) is 0. The van der Waals surface area contributed by atoms with Gasteiger partial charge in [-0.3, -0.25) is 4.79 Å². The number of ether oxygens (including phenoxy) is 6. The van der Waals surface area contributed by atoms with Crippen molar-refractivity contribution in [2.45, 2.75) is 356 Å². The van der Waals surface area contributed by atoms with E-state index in [4.69, 9.17) is 28.4 Å². The quantitative estimate of drug-likeness (QED) is 0.0199. The molecular weight excluding hydrogens is 1300 g/mol. The van der Waals surface area contributed by atoms with Crippen LogP contribution < -0.4 is 5.32 Å². The second-order valence-corrected chi connectivity index (χ2v) is 27.4. The largest absolute Gasteiger partial charge is 0.394 e. The van der Waals surface area contributed by atoms with Crippen LogP contribution in [-0.2, 0) is 33.2 Å². The Hall–Kier alpha value is -4.07. The molecule has 17 unspecified atom stereocenters. The first kappa shape index (κ1) is 92.1. The third-order valence-corrected chi connectivity index (χ3v) is 18.7. The Labute approximate surface area is 613 Å². The van der Waals surface area contributed by atoms with Gasteiger partial charge in [-0.1, -0.05) is 282 Å². The highest BCUT2D eigenvalue weighted by Crippen LogP contribution is 2.33. The smallest absolute Gasteiger partial charge is 0.220 e. The number of carbonyl (C=O) groups is 1. The number of carbonyl (C=O) groups excluding carboxylic acids is 1. The molecule has 17 atom stereocenters. The molecule has 3 aliphatic heterocycles. The summed E-state index contributed by atoms with van der Waals surface area (Å²) >= 11 is 0. The molecule has 0 spiro atoms. The fourth-order valence-electron chi connectivity index (χ4n) is 12.4. The van der Waals surface area contributed by atoms with Gasteiger partial charge in [-0.25, -0.2) is 0 Å². The van der Waals surface area contributed by atoms with E-state index in [0.29, 0.717) is 19.3 Å². The monoisotopic (exact) mass is 1440 g/mol. The lowest BCUT2D eigenvalue weighted by Gasteiger charge is -2.48. The third kappa shape index (κ3) is 41.7. The first-order valence-electron chi connectivity index (χ1n) is 39.4. The molecule has 0 saturated carbocycles. The Balaban J connectivity index is 1.39. The lowest BCUT2D eigenvalue weighted by Crippen LogP contribution is -2.66. The minimum Gasteiger partial charge on any atom is -0.394 e. The number of rotatable bonds is 60. The van der Waals surface area contributed by atoms with Gasteiger partial charge in [0.15, 0.2) is 18.9 Å². The van der Waals surface area contributed by atoms with Gasteiger partial charge in [-0.05, 0) is 96.3 Å². The van der Waals surface area contributed by atoms with Gasteiger partial charge in [0.1, 0.15) is 73.2 Å². The van der Waals surface area contributed by atoms with Crippen LogP contribution in [0, 0.1) is 0 Å². The molecule has 3 saturated heterocycles. The van der Waals surface area contributed by atoms with Crippen molar-refractivity contribution >= 4 is 5.91 Å². The molecule has 19 heteroatoms. The minimum absolute atomic E-state index is 0.218. The van der Waals surface area contributed by atoms with Crippen LogP contribution in [-0.4, -0.2) is 193 Å². The highest BCUT2D eigenvalue weighted by molar-refractivity contribution is 5.76. The fourth-order valence-corrected chi connectivity index (χ4v) is 12.4. The molecule has 3 heterocycles. The number of amides is 1. The van der Waals surface area contributed by atoms with Gasteiger partial charge in [0, 0.05) is 6.42 Å². The van der Waals surface area contributed by atoms with Crippen LogP contribution in [0.4, 0.5) is 0 Å². The van der Waals surface area contributed by atoms with E-state index in [1.807, 2.05) is 0 Å². The summed E-state index contributed by atoms with van der Waals surface area (Å²) in [6.45, 7) is 1.66. The number of allylic oxidation sites excluding steroid dienone is 22. The molecule has 102 heavy (non-hydrogen) atoms. The van der Waals surface area contributed by atoms with Crippen LogP contribution in [0.15, 0.2) is 134 Å².